The Kier molecular flexibility index (Phi) is 3.33. The van der Waals surface area contributed by atoms with Crippen LogP contribution in [0, 0.1) is 0 Å². The number of likely N-dealkylation sites (N-methyl/N-ethyl adjacent to an activating group) is 1. The molecule has 4 rings (SSSR count). The fraction of sp³-hybridized carbons (Fsp3) is 0.333. The molecule has 1 fully saturated rings. The van der Waals surface area contributed by atoms with Crippen molar-refractivity contribution in [2.45, 2.75) is 18.3 Å². The van der Waals surface area contributed by atoms with Gasteiger partial charge < -0.3 is 4.90 Å². The molecule has 122 valence electrons. The van der Waals surface area contributed by atoms with Gasteiger partial charge in [-0.25, -0.2) is 9.67 Å². The van der Waals surface area contributed by atoms with E-state index in [-0.39, 0.29) is 11.3 Å². The van der Waals surface area contributed by atoms with Gasteiger partial charge in [0.05, 0.1) is 5.56 Å². The van der Waals surface area contributed by atoms with Crippen LogP contribution in [0.2, 0.25) is 0 Å². The molecular weight excluding hydrogens is 302 g/mol. The van der Waals surface area contributed by atoms with E-state index < -0.39 is 0 Å². The lowest BCUT2D eigenvalue weighted by molar-refractivity contribution is 0.0781. The van der Waals surface area contributed by atoms with Crippen LogP contribution in [0.3, 0.4) is 0 Å². The first-order valence-corrected chi connectivity index (χ1v) is 8.05. The molecule has 0 spiro atoms. The number of carbonyl (C=O) groups excluding carboxylic acids is 1. The molecule has 0 atom stereocenters. The summed E-state index contributed by atoms with van der Waals surface area (Å²) < 4.78 is 1.60. The number of hydrogen-bond acceptors (Lipinski definition) is 4. The molecule has 0 saturated heterocycles. The van der Waals surface area contributed by atoms with Crippen LogP contribution in [0.25, 0.3) is 11.2 Å². The van der Waals surface area contributed by atoms with Crippen molar-refractivity contribution in [2.75, 3.05) is 13.6 Å². The Morgan fingerprint density at radius 1 is 1.29 bits per heavy atom. The molecule has 3 aromatic rings. The van der Waals surface area contributed by atoms with Gasteiger partial charge >= 0.3 is 0 Å². The lowest BCUT2D eigenvalue weighted by atomic mass is 9.95. The molecule has 2 heterocycles. The molecule has 1 aliphatic carbocycles. The number of nitrogens with zero attached hydrogens (tertiary/aromatic N) is 5. The van der Waals surface area contributed by atoms with E-state index in [1.807, 2.05) is 13.1 Å². The molecule has 24 heavy (non-hydrogen) atoms. The highest BCUT2D eigenvalue weighted by Gasteiger charge is 2.45. The summed E-state index contributed by atoms with van der Waals surface area (Å²) in [7, 11) is 3.64. The number of hydrogen-bond donors (Lipinski definition) is 0. The maximum absolute atomic E-state index is 12.8. The van der Waals surface area contributed by atoms with Crippen molar-refractivity contribution < 1.29 is 4.79 Å². The summed E-state index contributed by atoms with van der Waals surface area (Å²) in [6.07, 6.45) is 3.85. The Labute approximate surface area is 140 Å². The molecule has 0 radical (unpaired) electrons. The van der Waals surface area contributed by atoms with E-state index in [2.05, 4.69) is 39.6 Å². The number of aromatic nitrogens is 4. The van der Waals surface area contributed by atoms with Crippen LogP contribution >= 0.6 is 0 Å². The Morgan fingerprint density at radius 2 is 2.04 bits per heavy atom. The van der Waals surface area contributed by atoms with Crippen LogP contribution in [0.15, 0.2) is 42.6 Å². The summed E-state index contributed by atoms with van der Waals surface area (Å²) in [6, 6.07) is 12.2. The number of pyridine rings is 1. The smallest absolute Gasteiger partial charge is 0.255 e. The Bertz CT molecular complexity index is 898. The second kappa shape index (κ2) is 5.40. The summed E-state index contributed by atoms with van der Waals surface area (Å²) in [5.74, 6) is -0.0303. The molecule has 1 aliphatic rings. The average molecular weight is 321 g/mol. The number of benzene rings is 1. The molecule has 0 unspecified atom stereocenters. The van der Waals surface area contributed by atoms with Gasteiger partial charge in [0.25, 0.3) is 5.91 Å². The van der Waals surface area contributed by atoms with Gasteiger partial charge in [0.2, 0.25) is 0 Å². The molecule has 0 aliphatic heterocycles. The van der Waals surface area contributed by atoms with Crippen LogP contribution in [-0.2, 0) is 12.5 Å². The number of amides is 1. The first kappa shape index (κ1) is 14.8. The van der Waals surface area contributed by atoms with Crippen LogP contribution < -0.4 is 0 Å². The molecule has 2 aromatic heterocycles. The highest BCUT2D eigenvalue weighted by molar-refractivity contribution is 5.96. The third-order valence-electron chi connectivity index (χ3n) is 4.81. The Balaban J connectivity index is 1.55. The predicted molar refractivity (Wildman–Crippen MR) is 90.6 cm³/mol. The monoisotopic (exact) mass is 321 g/mol. The zero-order valence-electron chi connectivity index (χ0n) is 13.8. The number of fused-ring (bicyclic) bond motifs is 1. The first-order chi connectivity index (χ1) is 11.6. The number of rotatable bonds is 4. The summed E-state index contributed by atoms with van der Waals surface area (Å²) in [5, 5.41) is 7.96. The van der Waals surface area contributed by atoms with Crippen molar-refractivity contribution in [3.8, 4) is 0 Å². The van der Waals surface area contributed by atoms with Crippen LogP contribution in [0.5, 0.6) is 0 Å². The fourth-order valence-electron chi connectivity index (χ4n) is 3.27. The number of carbonyl (C=O) groups is 1. The maximum Gasteiger partial charge on any atom is 0.255 e. The Hall–Kier alpha value is -2.76. The van der Waals surface area contributed by atoms with E-state index in [1.165, 1.54) is 5.56 Å². The van der Waals surface area contributed by atoms with Crippen LogP contribution in [-0.4, -0.2) is 44.4 Å². The fourth-order valence-corrected chi connectivity index (χ4v) is 3.27. The van der Waals surface area contributed by atoms with Gasteiger partial charge in [0, 0.05) is 32.3 Å². The minimum absolute atomic E-state index is 0.0303. The standard InChI is InChI=1S/C18H19N5O/c1-22(12-18(8-9-18)14-6-4-3-5-7-14)17(24)13-10-15-16(19-11-13)23(2)21-20-15/h3-7,10-11H,8-9,12H2,1-2H3. The average Bonchev–Trinajstić information content (AvgIpc) is 3.31. The van der Waals surface area contributed by atoms with Crippen molar-refractivity contribution in [3.05, 3.63) is 53.7 Å². The zero-order valence-corrected chi connectivity index (χ0v) is 13.8. The SMILES string of the molecule is CN(CC1(c2ccccc2)CC1)C(=O)c1cnc2c(c1)nnn2C. The third-order valence-corrected chi connectivity index (χ3v) is 4.81. The van der Waals surface area contributed by atoms with Gasteiger partial charge in [0.1, 0.15) is 5.52 Å². The molecule has 6 heteroatoms. The lowest BCUT2D eigenvalue weighted by Gasteiger charge is -2.24. The zero-order chi connectivity index (χ0) is 16.7. The highest BCUT2D eigenvalue weighted by Crippen LogP contribution is 2.48. The Morgan fingerprint density at radius 3 is 2.75 bits per heavy atom. The quantitative estimate of drug-likeness (QED) is 0.739. The molecule has 1 amide bonds. The van der Waals surface area contributed by atoms with E-state index in [9.17, 15) is 4.79 Å². The molecular formula is C18H19N5O. The normalized spacial score (nSPS) is 15.4. The topological polar surface area (TPSA) is 63.9 Å². The van der Waals surface area contributed by atoms with Gasteiger partial charge in [-0.3, -0.25) is 4.79 Å². The van der Waals surface area contributed by atoms with E-state index >= 15 is 0 Å². The molecule has 0 N–H and O–H groups in total. The van der Waals surface area contributed by atoms with Crippen LogP contribution in [0.4, 0.5) is 0 Å². The van der Waals surface area contributed by atoms with E-state index in [0.717, 1.165) is 12.8 Å². The van der Waals surface area contributed by atoms with E-state index in [0.29, 0.717) is 23.3 Å². The van der Waals surface area contributed by atoms with Gasteiger partial charge in [-0.05, 0) is 24.5 Å². The van der Waals surface area contributed by atoms with Gasteiger partial charge in [-0.2, -0.15) is 0 Å². The largest absolute Gasteiger partial charge is 0.341 e. The summed E-state index contributed by atoms with van der Waals surface area (Å²) in [5.41, 5.74) is 3.29. The molecule has 0 bridgehead atoms. The minimum Gasteiger partial charge on any atom is -0.341 e. The maximum atomic E-state index is 12.8. The van der Waals surface area contributed by atoms with Crippen molar-refractivity contribution in [1.82, 2.24) is 24.9 Å². The van der Waals surface area contributed by atoms with E-state index in [4.69, 9.17) is 0 Å². The van der Waals surface area contributed by atoms with Crippen molar-refractivity contribution in [2.24, 2.45) is 7.05 Å². The van der Waals surface area contributed by atoms with Crippen LogP contribution in [0.1, 0.15) is 28.8 Å². The second-order valence-electron chi connectivity index (χ2n) is 6.59. The van der Waals surface area contributed by atoms with E-state index in [1.54, 1.807) is 28.9 Å². The molecule has 1 aromatic carbocycles. The van der Waals surface area contributed by atoms with Gasteiger partial charge in [0.15, 0.2) is 5.65 Å². The predicted octanol–water partition coefficient (Wildman–Crippen LogP) is 2.17. The minimum atomic E-state index is -0.0303. The summed E-state index contributed by atoms with van der Waals surface area (Å²) in [4.78, 5) is 18.9. The number of aryl methyl sites for hydroxylation is 1. The van der Waals surface area contributed by atoms with Crippen molar-refractivity contribution in [3.63, 3.8) is 0 Å². The summed E-state index contributed by atoms with van der Waals surface area (Å²) in [6.45, 7) is 0.717. The highest BCUT2D eigenvalue weighted by atomic mass is 16.2. The van der Waals surface area contributed by atoms with Crippen molar-refractivity contribution in [1.29, 1.82) is 0 Å². The molecule has 6 nitrogen and oxygen atoms in total. The third kappa shape index (κ3) is 2.44. The van der Waals surface area contributed by atoms with Crippen molar-refractivity contribution >= 4 is 17.1 Å². The second-order valence-corrected chi connectivity index (χ2v) is 6.59. The van der Waals surface area contributed by atoms with Gasteiger partial charge in [-0.1, -0.05) is 35.5 Å². The first-order valence-electron chi connectivity index (χ1n) is 8.05. The summed E-state index contributed by atoms with van der Waals surface area (Å²) >= 11 is 0. The van der Waals surface area contributed by atoms with Gasteiger partial charge in [-0.15, -0.1) is 5.10 Å². The lowest BCUT2D eigenvalue weighted by Crippen LogP contribution is -2.34. The molecule has 1 saturated carbocycles.